The normalized spacial score (nSPS) is 14.1. The van der Waals surface area contributed by atoms with Gasteiger partial charge in [-0.25, -0.2) is 0 Å². The summed E-state index contributed by atoms with van der Waals surface area (Å²) in [5, 5.41) is 0. The van der Waals surface area contributed by atoms with Gasteiger partial charge in [0.1, 0.15) is 0 Å². The first-order valence-electron chi connectivity index (χ1n) is 5.59. The lowest BCUT2D eigenvalue weighted by Gasteiger charge is -2.28. The van der Waals surface area contributed by atoms with Crippen LogP contribution in [0.4, 0.5) is 0 Å². The van der Waals surface area contributed by atoms with Crippen LogP contribution >= 0.6 is 7.60 Å². The summed E-state index contributed by atoms with van der Waals surface area (Å²) in [6, 6.07) is 0. The fourth-order valence-corrected chi connectivity index (χ4v) is 2.85. The van der Waals surface area contributed by atoms with Gasteiger partial charge in [0.25, 0.3) is 0 Å². The van der Waals surface area contributed by atoms with E-state index in [-0.39, 0.29) is 11.6 Å². The van der Waals surface area contributed by atoms with Crippen LogP contribution in [-0.4, -0.2) is 42.9 Å². The van der Waals surface area contributed by atoms with Crippen molar-refractivity contribution in [2.45, 2.75) is 27.7 Å². The Morgan fingerprint density at radius 2 is 1.47 bits per heavy atom. The smallest absolute Gasteiger partial charge is 0.326 e. The number of rotatable bonds is 8. The van der Waals surface area contributed by atoms with Gasteiger partial charge in [-0.15, -0.1) is 0 Å². The van der Waals surface area contributed by atoms with Gasteiger partial charge in [-0.3, -0.25) is 4.57 Å². The highest BCUT2D eigenvalue weighted by atomic mass is 31.2. The van der Waals surface area contributed by atoms with Crippen molar-refractivity contribution in [3.8, 4) is 0 Å². The Morgan fingerprint density at radius 1 is 1.00 bits per heavy atom. The minimum atomic E-state index is -3.99. The lowest BCUT2D eigenvalue weighted by Crippen LogP contribution is -2.30. The third-order valence-corrected chi connectivity index (χ3v) is 3.42. The Labute approximate surface area is 104 Å². The van der Waals surface area contributed by atoms with E-state index in [1.165, 1.54) is 0 Å². The summed E-state index contributed by atoms with van der Waals surface area (Å²) < 4.78 is 21.5. The van der Waals surface area contributed by atoms with E-state index in [1.807, 2.05) is 13.8 Å². The van der Waals surface area contributed by atoms with Crippen molar-refractivity contribution in [2.75, 3.05) is 33.1 Å². The fourth-order valence-electron chi connectivity index (χ4n) is 1.64. The van der Waals surface area contributed by atoms with E-state index in [0.29, 0.717) is 19.8 Å². The highest BCUT2D eigenvalue weighted by molar-refractivity contribution is 7.51. The molecule has 0 saturated heterocycles. The number of hydrogen-bond acceptors (Lipinski definition) is 3. The monoisotopic (exact) mass is 268 g/mol. The second-order valence-corrected chi connectivity index (χ2v) is 7.72. The van der Waals surface area contributed by atoms with Crippen LogP contribution < -0.4 is 0 Å². The Morgan fingerprint density at radius 3 is 1.88 bits per heavy atom. The predicted molar refractivity (Wildman–Crippen MR) is 67.2 cm³/mol. The van der Waals surface area contributed by atoms with Crippen LogP contribution in [0, 0.1) is 10.8 Å². The largest absolute Gasteiger partial charge is 0.384 e. The topological polar surface area (TPSA) is 76.0 Å². The number of hydrogen-bond donors (Lipinski definition) is 2. The van der Waals surface area contributed by atoms with Gasteiger partial charge < -0.3 is 19.3 Å². The predicted octanol–water partition coefficient (Wildman–Crippen LogP) is 1.88. The standard InChI is InChI=1S/C11H25O5P/c1-10(2,6-15-5)7-16-8-11(3,4)9-17(12,13)14/h6-9H2,1-5H3,(H2,12,13,14). The van der Waals surface area contributed by atoms with Crippen LogP contribution in [0.1, 0.15) is 27.7 Å². The van der Waals surface area contributed by atoms with Crippen LogP contribution in [0.2, 0.25) is 0 Å². The van der Waals surface area contributed by atoms with Gasteiger partial charge in [-0.1, -0.05) is 27.7 Å². The second kappa shape index (κ2) is 6.30. The van der Waals surface area contributed by atoms with Crippen molar-refractivity contribution in [1.29, 1.82) is 0 Å². The zero-order chi connectivity index (χ0) is 13.7. The molecular weight excluding hydrogens is 243 g/mol. The molecule has 0 spiro atoms. The van der Waals surface area contributed by atoms with Gasteiger partial charge in [0.15, 0.2) is 0 Å². The molecule has 0 bridgehead atoms. The van der Waals surface area contributed by atoms with E-state index in [2.05, 4.69) is 0 Å². The van der Waals surface area contributed by atoms with Crippen molar-refractivity contribution < 1.29 is 23.8 Å². The molecule has 0 unspecified atom stereocenters. The Bertz CT molecular complexity index is 269. The van der Waals surface area contributed by atoms with Crippen molar-refractivity contribution in [3.05, 3.63) is 0 Å². The Balaban J connectivity index is 4.07. The molecule has 5 nitrogen and oxygen atoms in total. The van der Waals surface area contributed by atoms with Crippen molar-refractivity contribution in [2.24, 2.45) is 10.8 Å². The van der Waals surface area contributed by atoms with E-state index < -0.39 is 13.0 Å². The average Bonchev–Trinajstić information content (AvgIpc) is 1.96. The minimum absolute atomic E-state index is 0.0903. The van der Waals surface area contributed by atoms with E-state index in [0.717, 1.165) is 0 Å². The third-order valence-electron chi connectivity index (χ3n) is 2.15. The SMILES string of the molecule is COCC(C)(C)COCC(C)(C)CP(=O)(O)O. The average molecular weight is 268 g/mol. The summed E-state index contributed by atoms with van der Waals surface area (Å²) in [5.74, 6) is 0. The zero-order valence-corrected chi connectivity index (χ0v) is 12.3. The van der Waals surface area contributed by atoms with Crippen LogP contribution in [0.3, 0.4) is 0 Å². The molecule has 0 radical (unpaired) electrons. The number of methoxy groups -OCH3 is 1. The lowest BCUT2D eigenvalue weighted by atomic mass is 9.95. The lowest BCUT2D eigenvalue weighted by molar-refractivity contribution is -0.0112. The van der Waals surface area contributed by atoms with Gasteiger partial charge in [0.05, 0.1) is 26.0 Å². The summed E-state index contributed by atoms with van der Waals surface area (Å²) in [6.45, 7) is 9.03. The molecule has 104 valence electrons. The van der Waals surface area contributed by atoms with E-state index in [4.69, 9.17) is 19.3 Å². The summed E-state index contributed by atoms with van der Waals surface area (Å²) in [4.78, 5) is 17.9. The number of ether oxygens (including phenoxy) is 2. The van der Waals surface area contributed by atoms with E-state index in [9.17, 15) is 4.57 Å². The van der Waals surface area contributed by atoms with Gasteiger partial charge in [0.2, 0.25) is 0 Å². The molecule has 0 aromatic rings. The zero-order valence-electron chi connectivity index (χ0n) is 11.4. The van der Waals surface area contributed by atoms with Gasteiger partial charge in [0, 0.05) is 12.5 Å². The summed E-state index contributed by atoms with van der Waals surface area (Å²) in [7, 11) is -2.35. The van der Waals surface area contributed by atoms with Crippen molar-refractivity contribution in [1.82, 2.24) is 0 Å². The van der Waals surface area contributed by atoms with Crippen molar-refractivity contribution >= 4 is 7.60 Å². The maximum Gasteiger partial charge on any atom is 0.326 e. The third kappa shape index (κ3) is 9.74. The quantitative estimate of drug-likeness (QED) is 0.657. The first-order valence-corrected chi connectivity index (χ1v) is 7.38. The molecule has 0 atom stereocenters. The first-order chi connectivity index (χ1) is 7.47. The summed E-state index contributed by atoms with van der Waals surface area (Å²) in [5.41, 5.74) is -0.616. The van der Waals surface area contributed by atoms with Crippen molar-refractivity contribution in [3.63, 3.8) is 0 Å². The molecule has 2 N–H and O–H groups in total. The summed E-state index contributed by atoms with van der Waals surface area (Å²) >= 11 is 0. The van der Waals surface area contributed by atoms with Crippen LogP contribution in [0.25, 0.3) is 0 Å². The molecule has 0 aliphatic rings. The molecule has 0 amide bonds. The van der Waals surface area contributed by atoms with E-state index in [1.54, 1.807) is 21.0 Å². The molecule has 0 rings (SSSR count). The molecular formula is C11H25O5P. The van der Waals surface area contributed by atoms with Gasteiger partial charge in [-0.2, -0.15) is 0 Å². The molecule has 0 aromatic carbocycles. The second-order valence-electron chi connectivity index (χ2n) is 6.08. The maximum absolute atomic E-state index is 10.9. The van der Waals surface area contributed by atoms with Crippen LogP contribution in [-0.2, 0) is 14.0 Å². The molecule has 0 aliphatic heterocycles. The molecule has 6 heteroatoms. The van der Waals surface area contributed by atoms with Gasteiger partial charge in [-0.05, 0) is 5.41 Å². The molecule has 0 heterocycles. The van der Waals surface area contributed by atoms with Crippen LogP contribution in [0.5, 0.6) is 0 Å². The highest BCUT2D eigenvalue weighted by Gasteiger charge is 2.29. The first kappa shape index (κ1) is 17.1. The Kier molecular flexibility index (Phi) is 6.33. The molecule has 17 heavy (non-hydrogen) atoms. The fraction of sp³-hybridized carbons (Fsp3) is 1.00. The summed E-state index contributed by atoms with van der Waals surface area (Å²) in [6.07, 6.45) is -0.162. The van der Waals surface area contributed by atoms with Gasteiger partial charge >= 0.3 is 7.60 Å². The van der Waals surface area contributed by atoms with E-state index >= 15 is 0 Å². The molecule has 0 aliphatic carbocycles. The highest BCUT2D eigenvalue weighted by Crippen LogP contribution is 2.41. The Hall–Kier alpha value is 0.0700. The molecule has 0 fully saturated rings. The molecule has 0 saturated carbocycles. The maximum atomic E-state index is 10.9. The molecule has 0 aromatic heterocycles. The minimum Gasteiger partial charge on any atom is -0.384 e. The van der Waals surface area contributed by atoms with Crippen LogP contribution in [0.15, 0.2) is 0 Å².